The molecule has 0 amide bonds. The second-order valence-electron chi connectivity index (χ2n) is 11.9. The van der Waals surface area contributed by atoms with E-state index in [1.807, 2.05) is 69.2 Å². The van der Waals surface area contributed by atoms with Gasteiger partial charge in [0.15, 0.2) is 0 Å². The fraction of sp³-hybridized carbons (Fsp3) is 0.880. The van der Waals surface area contributed by atoms with E-state index in [2.05, 4.69) is 25.7 Å². The number of aliphatic carboxylic acids is 1. The van der Waals surface area contributed by atoms with Gasteiger partial charge in [-0.2, -0.15) is 0 Å². The first-order valence-electron chi connectivity index (χ1n) is 11.0. The molecular weight excluding hydrogens is 396 g/mol. The Bertz CT molecular complexity index is 566. The molecule has 1 N–H and O–H groups in total. The van der Waals surface area contributed by atoms with Crippen molar-refractivity contribution in [1.82, 2.24) is 0 Å². The second-order valence-corrected chi connectivity index (χ2v) is 11.9. The molecule has 2 atom stereocenters. The maximum absolute atomic E-state index is 10.9. The van der Waals surface area contributed by atoms with E-state index in [4.69, 9.17) is 24.7 Å². The van der Waals surface area contributed by atoms with Crippen molar-refractivity contribution in [2.45, 2.75) is 120 Å². The Morgan fingerprint density at radius 2 is 1.29 bits per heavy atom. The van der Waals surface area contributed by atoms with Crippen molar-refractivity contribution in [3.63, 3.8) is 0 Å². The van der Waals surface area contributed by atoms with E-state index in [1.54, 1.807) is 6.92 Å². The van der Waals surface area contributed by atoms with E-state index in [9.17, 15) is 4.79 Å². The zero-order chi connectivity index (χ0) is 25.1. The van der Waals surface area contributed by atoms with E-state index >= 15 is 0 Å². The second kappa shape index (κ2) is 13.4. The minimum atomic E-state index is -0.880. The largest absolute Gasteiger partial charge is 0.481 e. The van der Waals surface area contributed by atoms with Crippen LogP contribution in [0, 0.1) is 29.1 Å². The van der Waals surface area contributed by atoms with Crippen molar-refractivity contribution in [3.8, 4) is 11.8 Å². The van der Waals surface area contributed by atoms with Gasteiger partial charge in [-0.15, -0.1) is 5.92 Å². The van der Waals surface area contributed by atoms with Crippen molar-refractivity contribution in [2.75, 3.05) is 6.61 Å². The number of hydrogen-bond acceptors (Lipinski definition) is 5. The summed E-state index contributed by atoms with van der Waals surface area (Å²) >= 11 is 0. The van der Waals surface area contributed by atoms with Crippen molar-refractivity contribution < 1.29 is 29.5 Å². The summed E-state index contributed by atoms with van der Waals surface area (Å²) in [6.07, 6.45) is 0.544. The highest BCUT2D eigenvalue weighted by atomic mass is 17.2. The van der Waals surface area contributed by atoms with Crippen LogP contribution in [0.5, 0.6) is 0 Å². The van der Waals surface area contributed by atoms with Crippen molar-refractivity contribution in [3.05, 3.63) is 0 Å². The molecule has 0 aliphatic heterocycles. The number of carbonyl (C=O) groups is 1. The molecule has 0 aliphatic rings. The molecule has 0 aromatic rings. The summed E-state index contributed by atoms with van der Waals surface area (Å²) in [5.74, 6) is 5.98. The molecular formula is C25H48O6. The third-order valence-corrected chi connectivity index (χ3v) is 3.17. The number of rotatable bonds is 8. The Kier molecular flexibility index (Phi) is 13.9. The summed E-state index contributed by atoms with van der Waals surface area (Å²) in [5, 5.41) is 8.94. The van der Waals surface area contributed by atoms with Crippen LogP contribution in [-0.4, -0.2) is 34.5 Å². The van der Waals surface area contributed by atoms with E-state index in [0.717, 1.165) is 0 Å². The van der Waals surface area contributed by atoms with E-state index < -0.39 is 17.2 Å². The minimum Gasteiger partial charge on any atom is -0.481 e. The Balaban J connectivity index is 0. The SMILES string of the molecule is CC(C)(C)CC(C)(CC(=O)O)OOC(C)(C)C.CC(C)C#CC(C)COOC(C)(C)C. The minimum absolute atomic E-state index is 0.0224. The highest BCUT2D eigenvalue weighted by Gasteiger charge is 2.36. The van der Waals surface area contributed by atoms with Crippen LogP contribution in [0.2, 0.25) is 0 Å². The number of hydrogen-bond donors (Lipinski definition) is 1. The molecule has 31 heavy (non-hydrogen) atoms. The van der Waals surface area contributed by atoms with E-state index in [-0.39, 0.29) is 23.4 Å². The molecule has 0 spiro atoms. The molecule has 0 aliphatic carbocycles. The van der Waals surface area contributed by atoms with Gasteiger partial charge in [-0.3, -0.25) is 4.79 Å². The summed E-state index contributed by atoms with van der Waals surface area (Å²) in [7, 11) is 0. The zero-order valence-electron chi connectivity index (χ0n) is 22.3. The summed E-state index contributed by atoms with van der Waals surface area (Å²) in [6, 6.07) is 0. The van der Waals surface area contributed by atoms with Gasteiger partial charge in [-0.1, -0.05) is 40.5 Å². The fourth-order valence-corrected chi connectivity index (χ4v) is 2.45. The average Bonchev–Trinajstić information content (AvgIpc) is 2.47. The lowest BCUT2D eigenvalue weighted by Gasteiger charge is -2.35. The number of carboxylic acids is 1. The van der Waals surface area contributed by atoms with Crippen molar-refractivity contribution in [2.24, 2.45) is 17.3 Å². The molecule has 0 saturated heterocycles. The highest BCUT2D eigenvalue weighted by Crippen LogP contribution is 2.33. The van der Waals surface area contributed by atoms with Gasteiger partial charge in [-0.25, -0.2) is 19.6 Å². The molecule has 2 unspecified atom stereocenters. The maximum Gasteiger partial charge on any atom is 0.306 e. The van der Waals surface area contributed by atoms with Crippen LogP contribution in [0.15, 0.2) is 0 Å². The molecule has 0 saturated carbocycles. The molecule has 6 heteroatoms. The summed E-state index contributed by atoms with van der Waals surface area (Å²) in [5.41, 5.74) is -1.52. The Morgan fingerprint density at radius 3 is 1.65 bits per heavy atom. The monoisotopic (exact) mass is 444 g/mol. The van der Waals surface area contributed by atoms with Gasteiger partial charge in [0, 0.05) is 11.8 Å². The van der Waals surface area contributed by atoms with Gasteiger partial charge in [0.05, 0.1) is 24.2 Å². The zero-order valence-corrected chi connectivity index (χ0v) is 22.3. The molecule has 6 nitrogen and oxygen atoms in total. The normalized spacial score (nSPS) is 15.3. The molecule has 0 aromatic carbocycles. The molecule has 0 bridgehead atoms. The smallest absolute Gasteiger partial charge is 0.306 e. The topological polar surface area (TPSA) is 74.2 Å². The lowest BCUT2D eigenvalue weighted by atomic mass is 9.81. The van der Waals surface area contributed by atoms with Crippen LogP contribution in [0.1, 0.15) is 103 Å². The predicted molar refractivity (Wildman–Crippen MR) is 125 cm³/mol. The van der Waals surface area contributed by atoms with Crippen molar-refractivity contribution in [1.29, 1.82) is 0 Å². The van der Waals surface area contributed by atoms with Crippen LogP contribution >= 0.6 is 0 Å². The Hall–Kier alpha value is -1.13. The lowest BCUT2D eigenvalue weighted by molar-refractivity contribution is -0.404. The summed E-state index contributed by atoms with van der Waals surface area (Å²) in [4.78, 5) is 31.8. The predicted octanol–water partition coefficient (Wildman–Crippen LogP) is 6.43. The summed E-state index contributed by atoms with van der Waals surface area (Å²) < 4.78 is 0. The van der Waals surface area contributed by atoms with Crippen LogP contribution in [0.4, 0.5) is 0 Å². The van der Waals surface area contributed by atoms with Crippen LogP contribution in [0.3, 0.4) is 0 Å². The van der Waals surface area contributed by atoms with Crippen LogP contribution < -0.4 is 0 Å². The van der Waals surface area contributed by atoms with Gasteiger partial charge in [0.25, 0.3) is 0 Å². The Labute approximate surface area is 191 Å². The fourth-order valence-electron chi connectivity index (χ4n) is 2.45. The third kappa shape index (κ3) is 25.0. The highest BCUT2D eigenvalue weighted by molar-refractivity contribution is 5.68. The summed E-state index contributed by atoms with van der Waals surface area (Å²) in [6.45, 7) is 26.1. The standard InChI is InChI=1S/C13H26O4.C12H22O2/c1-11(2,3)9-13(7,8-10(14)15)17-16-12(4,5)6;1-10(2)7-8-11(3)9-13-14-12(4,5)6/h8-9H2,1-7H3,(H,14,15);10-11H,9H2,1-6H3. The molecule has 0 fully saturated rings. The Morgan fingerprint density at radius 1 is 0.806 bits per heavy atom. The third-order valence-electron chi connectivity index (χ3n) is 3.17. The maximum atomic E-state index is 10.9. The van der Waals surface area contributed by atoms with Gasteiger partial charge in [0.1, 0.15) is 5.60 Å². The van der Waals surface area contributed by atoms with E-state index in [1.165, 1.54) is 0 Å². The molecule has 184 valence electrons. The van der Waals surface area contributed by atoms with E-state index in [0.29, 0.717) is 18.9 Å². The average molecular weight is 445 g/mol. The molecule has 0 aromatic heterocycles. The molecule has 0 heterocycles. The van der Waals surface area contributed by atoms with Gasteiger partial charge in [0.2, 0.25) is 0 Å². The lowest BCUT2D eigenvalue weighted by Crippen LogP contribution is -2.38. The van der Waals surface area contributed by atoms with Gasteiger partial charge >= 0.3 is 5.97 Å². The van der Waals surface area contributed by atoms with Crippen molar-refractivity contribution >= 4 is 5.97 Å². The number of carboxylic acid groups (broad SMARTS) is 1. The first kappa shape index (κ1) is 32.1. The first-order chi connectivity index (χ1) is 13.6. The van der Waals surface area contributed by atoms with Crippen LogP contribution in [-0.2, 0) is 24.3 Å². The van der Waals surface area contributed by atoms with Crippen LogP contribution in [0.25, 0.3) is 0 Å². The quantitative estimate of drug-likeness (QED) is 0.264. The molecule has 0 rings (SSSR count). The molecule has 0 radical (unpaired) electrons. The van der Waals surface area contributed by atoms with Gasteiger partial charge < -0.3 is 5.11 Å². The van der Waals surface area contributed by atoms with Gasteiger partial charge in [-0.05, 0) is 67.2 Å². The first-order valence-corrected chi connectivity index (χ1v) is 11.0.